The first-order valence-corrected chi connectivity index (χ1v) is 9.67. The Kier molecular flexibility index (Phi) is 6.79. The van der Waals surface area contributed by atoms with Crippen LogP contribution < -0.4 is 10.1 Å². The van der Waals surface area contributed by atoms with Gasteiger partial charge in [0.15, 0.2) is 0 Å². The average molecular weight is 405 g/mol. The normalized spacial score (nSPS) is 10.6. The van der Waals surface area contributed by atoms with Crippen LogP contribution in [0.4, 0.5) is 4.39 Å². The molecule has 0 unspecified atom stereocenters. The van der Waals surface area contributed by atoms with Gasteiger partial charge in [-0.2, -0.15) is 0 Å². The van der Waals surface area contributed by atoms with Gasteiger partial charge in [0.2, 0.25) is 5.91 Å². The summed E-state index contributed by atoms with van der Waals surface area (Å²) in [6.07, 6.45) is 0.918. The van der Waals surface area contributed by atoms with Gasteiger partial charge in [-0.15, -0.1) is 11.3 Å². The Morgan fingerprint density at radius 1 is 1.22 bits per heavy atom. The molecule has 0 radical (unpaired) electrons. The van der Waals surface area contributed by atoms with Gasteiger partial charge in [0.05, 0.1) is 23.7 Å². The van der Waals surface area contributed by atoms with Crippen LogP contribution in [0.1, 0.15) is 16.3 Å². The molecule has 0 saturated heterocycles. The van der Waals surface area contributed by atoms with Crippen molar-refractivity contribution in [2.24, 2.45) is 0 Å². The third-order valence-electron chi connectivity index (χ3n) is 3.69. The van der Waals surface area contributed by atoms with Crippen molar-refractivity contribution in [3.05, 3.63) is 81.0 Å². The van der Waals surface area contributed by atoms with Gasteiger partial charge in [0, 0.05) is 16.8 Å². The number of thiazole rings is 1. The van der Waals surface area contributed by atoms with Crippen molar-refractivity contribution in [1.82, 2.24) is 10.3 Å². The summed E-state index contributed by atoms with van der Waals surface area (Å²) in [5.41, 5.74) is 1.83. The second-order valence-corrected chi connectivity index (χ2v) is 7.25. The average Bonchev–Trinajstić information content (AvgIpc) is 3.07. The topological polar surface area (TPSA) is 51.2 Å². The molecular formula is C20H18ClFN2O2S. The Morgan fingerprint density at radius 2 is 2.04 bits per heavy atom. The van der Waals surface area contributed by atoms with Crippen LogP contribution in [0.3, 0.4) is 0 Å². The number of carbonyl (C=O) groups is 1. The standard InChI is InChI=1S/C20H18ClFN2O2S/c21-15-3-1-2-14(10-15)11-20-24-17(13-27-20)12-19(25)23-8-9-26-18-6-4-16(22)5-7-18/h1-7,10,13H,8-9,11-12H2,(H,23,25). The predicted molar refractivity (Wildman–Crippen MR) is 105 cm³/mol. The van der Waals surface area contributed by atoms with E-state index in [-0.39, 0.29) is 18.1 Å². The fourth-order valence-electron chi connectivity index (χ4n) is 2.45. The molecule has 0 bridgehead atoms. The van der Waals surface area contributed by atoms with E-state index in [0.29, 0.717) is 30.3 Å². The number of aromatic nitrogens is 1. The smallest absolute Gasteiger partial charge is 0.226 e. The molecule has 0 aliphatic carbocycles. The molecular weight excluding hydrogens is 387 g/mol. The molecule has 1 heterocycles. The molecule has 7 heteroatoms. The Balaban J connectivity index is 1.40. The second kappa shape index (κ2) is 9.48. The zero-order chi connectivity index (χ0) is 19.1. The first-order chi connectivity index (χ1) is 13.1. The monoisotopic (exact) mass is 404 g/mol. The summed E-state index contributed by atoms with van der Waals surface area (Å²) >= 11 is 7.52. The van der Waals surface area contributed by atoms with Gasteiger partial charge in [-0.05, 0) is 42.0 Å². The number of halogens is 2. The molecule has 0 spiro atoms. The third-order valence-corrected chi connectivity index (χ3v) is 4.82. The molecule has 27 heavy (non-hydrogen) atoms. The molecule has 140 valence electrons. The first kappa shape index (κ1) is 19.3. The minimum Gasteiger partial charge on any atom is -0.492 e. The van der Waals surface area contributed by atoms with Gasteiger partial charge < -0.3 is 10.1 Å². The molecule has 4 nitrogen and oxygen atoms in total. The molecule has 0 fully saturated rings. The molecule has 1 amide bonds. The number of hydrogen-bond acceptors (Lipinski definition) is 4. The molecule has 3 aromatic rings. The third kappa shape index (κ3) is 6.34. The number of carbonyl (C=O) groups excluding carboxylic acids is 1. The Bertz CT molecular complexity index is 899. The van der Waals surface area contributed by atoms with Crippen LogP contribution in [-0.2, 0) is 17.6 Å². The van der Waals surface area contributed by atoms with Gasteiger partial charge in [0.25, 0.3) is 0 Å². The van der Waals surface area contributed by atoms with Gasteiger partial charge in [-0.25, -0.2) is 9.37 Å². The maximum absolute atomic E-state index is 12.8. The summed E-state index contributed by atoms with van der Waals surface area (Å²) in [4.78, 5) is 16.5. The van der Waals surface area contributed by atoms with E-state index >= 15 is 0 Å². The van der Waals surface area contributed by atoms with E-state index in [1.165, 1.54) is 23.5 Å². The van der Waals surface area contributed by atoms with E-state index < -0.39 is 0 Å². The summed E-state index contributed by atoms with van der Waals surface area (Å²) in [6.45, 7) is 0.685. The van der Waals surface area contributed by atoms with Crippen molar-refractivity contribution in [2.45, 2.75) is 12.8 Å². The van der Waals surface area contributed by atoms with Crippen LogP contribution in [0.15, 0.2) is 53.9 Å². The lowest BCUT2D eigenvalue weighted by Crippen LogP contribution is -2.29. The van der Waals surface area contributed by atoms with Gasteiger partial charge in [-0.3, -0.25) is 4.79 Å². The number of benzene rings is 2. The fraction of sp³-hybridized carbons (Fsp3) is 0.200. The Morgan fingerprint density at radius 3 is 2.81 bits per heavy atom. The van der Waals surface area contributed by atoms with Crippen LogP contribution in [0.5, 0.6) is 5.75 Å². The van der Waals surface area contributed by atoms with Crippen molar-refractivity contribution in [3.8, 4) is 5.75 Å². The summed E-state index contributed by atoms with van der Waals surface area (Å²) in [5, 5.41) is 6.33. The van der Waals surface area contributed by atoms with Gasteiger partial charge in [-0.1, -0.05) is 23.7 Å². The number of rotatable bonds is 8. The van der Waals surface area contributed by atoms with Crippen molar-refractivity contribution in [2.75, 3.05) is 13.2 Å². The molecule has 0 atom stereocenters. The van der Waals surface area contributed by atoms with E-state index in [2.05, 4.69) is 10.3 Å². The van der Waals surface area contributed by atoms with E-state index in [0.717, 1.165) is 16.3 Å². The highest BCUT2D eigenvalue weighted by Gasteiger charge is 2.08. The minimum absolute atomic E-state index is 0.114. The summed E-state index contributed by atoms with van der Waals surface area (Å²) in [5.74, 6) is 0.141. The lowest BCUT2D eigenvalue weighted by atomic mass is 10.2. The van der Waals surface area contributed by atoms with E-state index in [1.54, 1.807) is 12.1 Å². The molecule has 2 aromatic carbocycles. The summed E-state index contributed by atoms with van der Waals surface area (Å²) in [6, 6.07) is 13.4. The molecule has 0 aliphatic heterocycles. The first-order valence-electron chi connectivity index (χ1n) is 8.41. The number of hydrogen-bond donors (Lipinski definition) is 1. The maximum atomic E-state index is 12.8. The second-order valence-electron chi connectivity index (χ2n) is 5.87. The van der Waals surface area contributed by atoms with Gasteiger partial charge >= 0.3 is 0 Å². The van der Waals surface area contributed by atoms with Crippen molar-refractivity contribution < 1.29 is 13.9 Å². The van der Waals surface area contributed by atoms with Gasteiger partial charge in [0.1, 0.15) is 18.2 Å². The van der Waals surface area contributed by atoms with Crippen molar-refractivity contribution in [1.29, 1.82) is 0 Å². The lowest BCUT2D eigenvalue weighted by Gasteiger charge is -2.07. The number of nitrogens with zero attached hydrogens (tertiary/aromatic N) is 1. The minimum atomic E-state index is -0.311. The molecule has 3 rings (SSSR count). The number of amides is 1. The van der Waals surface area contributed by atoms with Crippen LogP contribution in [0, 0.1) is 5.82 Å². The number of nitrogens with one attached hydrogen (secondary N) is 1. The van der Waals surface area contributed by atoms with E-state index in [9.17, 15) is 9.18 Å². The van der Waals surface area contributed by atoms with Crippen LogP contribution in [-0.4, -0.2) is 24.0 Å². The summed E-state index contributed by atoms with van der Waals surface area (Å²) in [7, 11) is 0. The SMILES string of the molecule is O=C(Cc1csc(Cc2cccc(Cl)c2)n1)NCCOc1ccc(F)cc1. The largest absolute Gasteiger partial charge is 0.492 e. The zero-order valence-corrected chi connectivity index (χ0v) is 16.0. The highest BCUT2D eigenvalue weighted by Crippen LogP contribution is 2.18. The van der Waals surface area contributed by atoms with Crippen molar-refractivity contribution in [3.63, 3.8) is 0 Å². The highest BCUT2D eigenvalue weighted by molar-refractivity contribution is 7.09. The van der Waals surface area contributed by atoms with Crippen LogP contribution >= 0.6 is 22.9 Å². The Hall–Kier alpha value is -2.44. The maximum Gasteiger partial charge on any atom is 0.226 e. The molecule has 1 N–H and O–H groups in total. The quantitative estimate of drug-likeness (QED) is 0.570. The van der Waals surface area contributed by atoms with Crippen molar-refractivity contribution >= 4 is 28.8 Å². The predicted octanol–water partition coefficient (Wildman–Crippen LogP) is 4.26. The molecule has 0 saturated carbocycles. The highest BCUT2D eigenvalue weighted by atomic mass is 35.5. The Labute approximate surface area is 166 Å². The molecule has 1 aromatic heterocycles. The fourth-order valence-corrected chi connectivity index (χ4v) is 3.49. The zero-order valence-electron chi connectivity index (χ0n) is 14.5. The lowest BCUT2D eigenvalue weighted by molar-refractivity contribution is -0.120. The van der Waals surface area contributed by atoms with E-state index in [4.69, 9.17) is 16.3 Å². The van der Waals surface area contributed by atoms with E-state index in [1.807, 2.05) is 29.6 Å². The molecule has 0 aliphatic rings. The van der Waals surface area contributed by atoms with Crippen LogP contribution in [0.25, 0.3) is 0 Å². The number of ether oxygens (including phenoxy) is 1. The van der Waals surface area contributed by atoms with Crippen LogP contribution in [0.2, 0.25) is 5.02 Å². The summed E-state index contributed by atoms with van der Waals surface area (Å²) < 4.78 is 18.2.